The van der Waals surface area contributed by atoms with Gasteiger partial charge >= 0.3 is 0 Å². The molecule has 1 aromatic rings. The number of nitrogens with zero attached hydrogens (tertiary/aromatic N) is 1. The van der Waals surface area contributed by atoms with Gasteiger partial charge in [-0.2, -0.15) is 0 Å². The average molecular weight is 257 g/mol. The fraction of sp³-hybridized carbons (Fsp3) is 0.400. The van der Waals surface area contributed by atoms with Crippen LogP contribution in [0.1, 0.15) is 19.4 Å². The van der Waals surface area contributed by atoms with Crippen LogP contribution in [0.15, 0.2) is 22.9 Å². The predicted octanol–water partition coefficient (Wildman–Crippen LogP) is 1.91. The van der Waals surface area contributed by atoms with E-state index in [2.05, 4.69) is 26.2 Å². The zero-order valence-corrected chi connectivity index (χ0v) is 9.84. The van der Waals surface area contributed by atoms with Gasteiger partial charge in [0.1, 0.15) is 0 Å². The standard InChI is InChI=1S/C10H13BrN2O/c1-7(2)13-10(14)4-8-3-9(11)6-12-5-8/h3,5-7H,4H2,1-2H3,(H,13,14). The number of rotatable bonds is 3. The zero-order chi connectivity index (χ0) is 10.6. The highest BCUT2D eigenvalue weighted by Gasteiger charge is 2.04. The molecule has 0 unspecified atom stereocenters. The van der Waals surface area contributed by atoms with Gasteiger partial charge in [0.15, 0.2) is 0 Å². The summed E-state index contributed by atoms with van der Waals surface area (Å²) in [4.78, 5) is 15.4. The molecular formula is C10H13BrN2O. The minimum Gasteiger partial charge on any atom is -0.354 e. The third-order valence-corrected chi connectivity index (χ3v) is 2.01. The average Bonchev–Trinajstić information content (AvgIpc) is 2.01. The van der Waals surface area contributed by atoms with Crippen molar-refractivity contribution in [3.8, 4) is 0 Å². The van der Waals surface area contributed by atoms with Crippen LogP contribution in [0.2, 0.25) is 0 Å². The van der Waals surface area contributed by atoms with E-state index in [4.69, 9.17) is 0 Å². The molecule has 0 bridgehead atoms. The fourth-order valence-corrected chi connectivity index (χ4v) is 1.52. The lowest BCUT2D eigenvalue weighted by atomic mass is 10.2. The molecule has 0 aromatic carbocycles. The van der Waals surface area contributed by atoms with Crippen molar-refractivity contribution in [2.75, 3.05) is 0 Å². The van der Waals surface area contributed by atoms with E-state index >= 15 is 0 Å². The number of halogens is 1. The van der Waals surface area contributed by atoms with Crippen molar-refractivity contribution >= 4 is 21.8 Å². The zero-order valence-electron chi connectivity index (χ0n) is 8.25. The third-order valence-electron chi connectivity index (χ3n) is 1.58. The molecule has 0 saturated heterocycles. The van der Waals surface area contributed by atoms with Crippen molar-refractivity contribution in [1.82, 2.24) is 10.3 Å². The monoisotopic (exact) mass is 256 g/mol. The molecule has 1 aromatic heterocycles. The first-order valence-corrected chi connectivity index (χ1v) is 5.26. The van der Waals surface area contributed by atoms with E-state index in [1.165, 1.54) is 0 Å². The SMILES string of the molecule is CC(C)NC(=O)Cc1cncc(Br)c1. The van der Waals surface area contributed by atoms with Crippen molar-refractivity contribution in [1.29, 1.82) is 0 Å². The van der Waals surface area contributed by atoms with Crippen LogP contribution in [0.5, 0.6) is 0 Å². The lowest BCUT2D eigenvalue weighted by molar-refractivity contribution is -0.120. The van der Waals surface area contributed by atoms with Gasteiger partial charge in [-0.1, -0.05) is 0 Å². The van der Waals surface area contributed by atoms with Crippen LogP contribution in [0.3, 0.4) is 0 Å². The summed E-state index contributed by atoms with van der Waals surface area (Å²) < 4.78 is 0.896. The molecule has 1 heterocycles. The van der Waals surface area contributed by atoms with Gasteiger partial charge in [-0.3, -0.25) is 9.78 Å². The van der Waals surface area contributed by atoms with Crippen molar-refractivity contribution in [2.24, 2.45) is 0 Å². The van der Waals surface area contributed by atoms with Gasteiger partial charge in [-0.25, -0.2) is 0 Å². The molecule has 14 heavy (non-hydrogen) atoms. The van der Waals surface area contributed by atoms with Crippen LogP contribution in [0, 0.1) is 0 Å². The van der Waals surface area contributed by atoms with Crippen LogP contribution < -0.4 is 5.32 Å². The quantitative estimate of drug-likeness (QED) is 0.898. The van der Waals surface area contributed by atoms with Gasteiger partial charge in [0.2, 0.25) is 5.91 Å². The van der Waals surface area contributed by atoms with E-state index in [0.29, 0.717) is 6.42 Å². The Balaban J connectivity index is 2.56. The van der Waals surface area contributed by atoms with Gasteiger partial charge in [0, 0.05) is 22.9 Å². The second-order valence-corrected chi connectivity index (χ2v) is 4.33. The Bertz CT molecular complexity index is 326. The molecule has 1 N–H and O–H groups in total. The van der Waals surface area contributed by atoms with E-state index in [-0.39, 0.29) is 11.9 Å². The normalized spacial score (nSPS) is 10.3. The Morgan fingerprint density at radius 3 is 2.86 bits per heavy atom. The minimum absolute atomic E-state index is 0.0277. The molecule has 1 amide bonds. The molecule has 0 aliphatic carbocycles. The van der Waals surface area contributed by atoms with Crippen LogP contribution in [-0.2, 0) is 11.2 Å². The van der Waals surface area contributed by atoms with E-state index in [1.54, 1.807) is 12.4 Å². The minimum atomic E-state index is 0.0277. The molecule has 0 aliphatic heterocycles. The number of nitrogens with one attached hydrogen (secondary N) is 1. The number of amides is 1. The van der Waals surface area contributed by atoms with Crippen LogP contribution in [0.25, 0.3) is 0 Å². The first-order valence-electron chi connectivity index (χ1n) is 4.46. The molecule has 0 atom stereocenters. The number of hydrogen-bond donors (Lipinski definition) is 1. The summed E-state index contributed by atoms with van der Waals surface area (Å²) in [6, 6.07) is 2.08. The molecule has 1 rings (SSSR count). The first-order chi connectivity index (χ1) is 6.58. The van der Waals surface area contributed by atoms with Gasteiger partial charge in [0.05, 0.1) is 6.42 Å². The summed E-state index contributed by atoms with van der Waals surface area (Å²) in [6.07, 6.45) is 3.78. The second kappa shape index (κ2) is 5.10. The molecular weight excluding hydrogens is 244 g/mol. The number of aromatic nitrogens is 1. The third kappa shape index (κ3) is 3.87. The Morgan fingerprint density at radius 2 is 2.29 bits per heavy atom. The van der Waals surface area contributed by atoms with E-state index in [9.17, 15) is 4.79 Å². The van der Waals surface area contributed by atoms with E-state index < -0.39 is 0 Å². The van der Waals surface area contributed by atoms with Crippen molar-refractivity contribution in [3.63, 3.8) is 0 Å². The molecule has 0 saturated carbocycles. The lowest BCUT2D eigenvalue weighted by Crippen LogP contribution is -2.31. The highest BCUT2D eigenvalue weighted by Crippen LogP contribution is 2.09. The number of carbonyl (C=O) groups is 1. The van der Waals surface area contributed by atoms with Crippen molar-refractivity contribution in [2.45, 2.75) is 26.3 Å². The number of carbonyl (C=O) groups excluding carboxylic acids is 1. The number of hydrogen-bond acceptors (Lipinski definition) is 2. The van der Waals surface area contributed by atoms with Gasteiger partial charge in [0.25, 0.3) is 0 Å². The second-order valence-electron chi connectivity index (χ2n) is 3.41. The summed E-state index contributed by atoms with van der Waals surface area (Å²) in [7, 11) is 0. The van der Waals surface area contributed by atoms with Gasteiger partial charge < -0.3 is 5.32 Å². The molecule has 0 aliphatic rings. The summed E-state index contributed by atoms with van der Waals surface area (Å²) in [6.45, 7) is 3.88. The van der Waals surface area contributed by atoms with Crippen LogP contribution in [0.4, 0.5) is 0 Å². The largest absolute Gasteiger partial charge is 0.354 e. The highest BCUT2D eigenvalue weighted by atomic mass is 79.9. The Labute approximate surface area is 92.1 Å². The molecule has 0 fully saturated rings. The lowest BCUT2D eigenvalue weighted by Gasteiger charge is -2.07. The van der Waals surface area contributed by atoms with E-state index in [0.717, 1.165) is 10.0 Å². The summed E-state index contributed by atoms with van der Waals surface area (Å²) >= 11 is 3.31. The maximum Gasteiger partial charge on any atom is 0.224 e. The van der Waals surface area contributed by atoms with Crippen LogP contribution in [-0.4, -0.2) is 16.9 Å². The molecule has 0 spiro atoms. The Kier molecular flexibility index (Phi) is 4.07. The van der Waals surface area contributed by atoms with E-state index in [1.807, 2.05) is 19.9 Å². The molecule has 4 heteroatoms. The summed E-state index contributed by atoms with van der Waals surface area (Å²) in [5.41, 5.74) is 0.914. The Morgan fingerprint density at radius 1 is 1.57 bits per heavy atom. The number of pyridine rings is 1. The fourth-order valence-electron chi connectivity index (χ4n) is 1.11. The first kappa shape index (κ1) is 11.2. The Hall–Kier alpha value is -0.900. The smallest absolute Gasteiger partial charge is 0.224 e. The predicted molar refractivity (Wildman–Crippen MR) is 58.9 cm³/mol. The molecule has 3 nitrogen and oxygen atoms in total. The maximum atomic E-state index is 11.4. The topological polar surface area (TPSA) is 42.0 Å². The van der Waals surface area contributed by atoms with Crippen molar-refractivity contribution in [3.05, 3.63) is 28.5 Å². The van der Waals surface area contributed by atoms with Crippen LogP contribution >= 0.6 is 15.9 Å². The maximum absolute atomic E-state index is 11.4. The van der Waals surface area contributed by atoms with Gasteiger partial charge in [-0.15, -0.1) is 0 Å². The summed E-state index contributed by atoms with van der Waals surface area (Å²) in [5, 5.41) is 2.83. The molecule has 76 valence electrons. The van der Waals surface area contributed by atoms with Gasteiger partial charge in [-0.05, 0) is 41.4 Å². The highest BCUT2D eigenvalue weighted by molar-refractivity contribution is 9.10. The van der Waals surface area contributed by atoms with Crippen molar-refractivity contribution < 1.29 is 4.79 Å². The molecule has 0 radical (unpaired) electrons. The summed E-state index contributed by atoms with van der Waals surface area (Å²) in [5.74, 6) is 0.0277.